The first-order valence-corrected chi connectivity index (χ1v) is 6.16. The van der Waals surface area contributed by atoms with Crippen molar-refractivity contribution in [2.75, 3.05) is 6.54 Å². The van der Waals surface area contributed by atoms with Gasteiger partial charge in [-0.15, -0.1) is 0 Å². The molecule has 2 aromatic rings. The first-order valence-electron chi connectivity index (χ1n) is 6.16. The molecule has 2 nitrogen and oxygen atoms in total. The summed E-state index contributed by atoms with van der Waals surface area (Å²) in [6.07, 6.45) is -2.98. The number of hydrogen-bond acceptors (Lipinski definition) is 2. The number of benzene rings is 1. The third kappa shape index (κ3) is 4.21. The van der Waals surface area contributed by atoms with Crippen LogP contribution in [0.2, 0.25) is 0 Å². The van der Waals surface area contributed by atoms with Gasteiger partial charge in [-0.05, 0) is 30.7 Å². The number of hydrogen-bond donors (Lipinski definition) is 1. The lowest BCUT2D eigenvalue weighted by Crippen LogP contribution is -2.18. The molecule has 5 heteroatoms. The molecular weight excluding hydrogens is 253 g/mol. The second kappa shape index (κ2) is 6.02. The molecule has 0 spiro atoms. The highest BCUT2D eigenvalue weighted by Gasteiger charge is 2.25. The predicted molar refractivity (Wildman–Crippen MR) is 68.7 cm³/mol. The summed E-state index contributed by atoms with van der Waals surface area (Å²) in [4.78, 5) is 4.24. The zero-order valence-electron chi connectivity index (χ0n) is 10.4. The van der Waals surface area contributed by atoms with Crippen LogP contribution >= 0.6 is 0 Å². The number of nitrogens with zero attached hydrogens (tertiary/aromatic N) is 1. The Balaban J connectivity index is 1.88. The first kappa shape index (κ1) is 13.8. The molecule has 0 atom stereocenters. The maximum Gasteiger partial charge on any atom is 0.389 e. The van der Waals surface area contributed by atoms with Crippen LogP contribution in [0.1, 0.15) is 18.4 Å². The fraction of sp³-hybridized carbons (Fsp3) is 0.357. The number of para-hydroxylation sites is 1. The van der Waals surface area contributed by atoms with Gasteiger partial charge in [0.25, 0.3) is 0 Å². The van der Waals surface area contributed by atoms with Crippen molar-refractivity contribution in [2.45, 2.75) is 25.6 Å². The quantitative estimate of drug-likeness (QED) is 0.837. The third-order valence-electron chi connectivity index (χ3n) is 2.87. The molecule has 1 aromatic carbocycles. The van der Waals surface area contributed by atoms with Crippen molar-refractivity contribution in [3.8, 4) is 0 Å². The van der Waals surface area contributed by atoms with Gasteiger partial charge in [0.1, 0.15) is 0 Å². The number of rotatable bonds is 5. The Morgan fingerprint density at radius 2 is 1.89 bits per heavy atom. The van der Waals surface area contributed by atoms with E-state index in [2.05, 4.69) is 10.3 Å². The topological polar surface area (TPSA) is 24.9 Å². The van der Waals surface area contributed by atoms with E-state index in [-0.39, 0.29) is 6.42 Å². The van der Waals surface area contributed by atoms with Crippen LogP contribution in [0.4, 0.5) is 13.2 Å². The highest BCUT2D eigenvalue weighted by molar-refractivity contribution is 5.81. The molecule has 0 aliphatic carbocycles. The molecule has 0 aliphatic heterocycles. The monoisotopic (exact) mass is 268 g/mol. The van der Waals surface area contributed by atoms with E-state index in [1.165, 1.54) is 0 Å². The Bertz CT molecular complexity index is 532. The number of nitrogens with one attached hydrogen (secondary N) is 1. The van der Waals surface area contributed by atoms with Crippen LogP contribution in [0.25, 0.3) is 10.9 Å². The summed E-state index contributed by atoms with van der Waals surface area (Å²) in [5.74, 6) is 0. The molecule has 0 unspecified atom stereocenters. The minimum atomic E-state index is -4.06. The van der Waals surface area contributed by atoms with Gasteiger partial charge in [-0.25, -0.2) is 0 Å². The minimum Gasteiger partial charge on any atom is -0.313 e. The van der Waals surface area contributed by atoms with E-state index in [0.29, 0.717) is 13.1 Å². The molecule has 19 heavy (non-hydrogen) atoms. The van der Waals surface area contributed by atoms with Gasteiger partial charge in [0, 0.05) is 24.5 Å². The van der Waals surface area contributed by atoms with Crippen molar-refractivity contribution < 1.29 is 13.2 Å². The number of pyridine rings is 1. The zero-order valence-corrected chi connectivity index (χ0v) is 10.4. The fourth-order valence-electron chi connectivity index (χ4n) is 1.95. The highest BCUT2D eigenvalue weighted by atomic mass is 19.4. The molecule has 0 amide bonds. The minimum absolute atomic E-state index is 0.104. The van der Waals surface area contributed by atoms with Crippen LogP contribution in [-0.2, 0) is 6.54 Å². The van der Waals surface area contributed by atoms with Crippen molar-refractivity contribution >= 4 is 10.9 Å². The summed E-state index contributed by atoms with van der Waals surface area (Å²) < 4.78 is 35.9. The van der Waals surface area contributed by atoms with Gasteiger partial charge < -0.3 is 5.32 Å². The SMILES string of the molecule is FC(F)(F)CCCNCc1ccnc2ccccc12. The Morgan fingerprint density at radius 3 is 2.68 bits per heavy atom. The third-order valence-corrected chi connectivity index (χ3v) is 2.87. The first-order chi connectivity index (χ1) is 9.06. The predicted octanol–water partition coefficient (Wildman–Crippen LogP) is 3.67. The Kier molecular flexibility index (Phi) is 4.37. The molecule has 102 valence electrons. The lowest BCUT2D eigenvalue weighted by molar-refractivity contribution is -0.135. The number of halogens is 3. The van der Waals surface area contributed by atoms with Gasteiger partial charge in [-0.2, -0.15) is 13.2 Å². The van der Waals surface area contributed by atoms with E-state index in [9.17, 15) is 13.2 Å². The number of alkyl halides is 3. The van der Waals surface area contributed by atoms with E-state index in [0.717, 1.165) is 16.5 Å². The fourth-order valence-corrected chi connectivity index (χ4v) is 1.95. The average molecular weight is 268 g/mol. The lowest BCUT2D eigenvalue weighted by Gasteiger charge is -2.09. The van der Waals surface area contributed by atoms with E-state index in [1.54, 1.807) is 6.20 Å². The van der Waals surface area contributed by atoms with Gasteiger partial charge in [-0.3, -0.25) is 4.98 Å². The maximum atomic E-state index is 12.0. The summed E-state index contributed by atoms with van der Waals surface area (Å²) >= 11 is 0. The van der Waals surface area contributed by atoms with Crippen LogP contribution < -0.4 is 5.32 Å². The second-order valence-electron chi connectivity index (χ2n) is 4.38. The Labute approximate surface area is 109 Å². The Morgan fingerprint density at radius 1 is 1.11 bits per heavy atom. The second-order valence-corrected chi connectivity index (χ2v) is 4.38. The van der Waals surface area contributed by atoms with Crippen molar-refractivity contribution in [3.05, 3.63) is 42.1 Å². The van der Waals surface area contributed by atoms with Crippen molar-refractivity contribution in [1.82, 2.24) is 10.3 Å². The number of aromatic nitrogens is 1. The smallest absolute Gasteiger partial charge is 0.313 e. The molecule has 1 N–H and O–H groups in total. The summed E-state index contributed by atoms with van der Waals surface area (Å²) in [6, 6.07) is 9.61. The van der Waals surface area contributed by atoms with E-state index < -0.39 is 12.6 Å². The molecule has 0 bridgehead atoms. The van der Waals surface area contributed by atoms with Gasteiger partial charge in [-0.1, -0.05) is 18.2 Å². The van der Waals surface area contributed by atoms with Crippen molar-refractivity contribution in [1.29, 1.82) is 0 Å². The largest absolute Gasteiger partial charge is 0.389 e. The molecule has 0 radical (unpaired) electrons. The highest BCUT2D eigenvalue weighted by Crippen LogP contribution is 2.21. The standard InChI is InChI=1S/C14H15F3N2/c15-14(16,17)7-3-8-18-10-11-6-9-19-13-5-2-1-4-12(11)13/h1-2,4-6,9,18H,3,7-8,10H2. The van der Waals surface area contributed by atoms with E-state index in [4.69, 9.17) is 0 Å². The molecule has 0 fully saturated rings. The number of fused-ring (bicyclic) bond motifs is 1. The van der Waals surface area contributed by atoms with Crippen LogP contribution in [0.3, 0.4) is 0 Å². The molecule has 1 heterocycles. The van der Waals surface area contributed by atoms with Crippen LogP contribution in [0.15, 0.2) is 36.5 Å². The van der Waals surface area contributed by atoms with Gasteiger partial charge >= 0.3 is 6.18 Å². The van der Waals surface area contributed by atoms with E-state index in [1.807, 2.05) is 30.3 Å². The van der Waals surface area contributed by atoms with Gasteiger partial charge in [0.2, 0.25) is 0 Å². The van der Waals surface area contributed by atoms with Crippen molar-refractivity contribution in [3.63, 3.8) is 0 Å². The normalized spacial score (nSPS) is 11.9. The van der Waals surface area contributed by atoms with Crippen LogP contribution in [0, 0.1) is 0 Å². The average Bonchev–Trinajstić information content (AvgIpc) is 2.37. The molecular formula is C14H15F3N2. The van der Waals surface area contributed by atoms with Gasteiger partial charge in [0.15, 0.2) is 0 Å². The molecule has 0 saturated heterocycles. The summed E-state index contributed by atoms with van der Waals surface area (Å²) in [6.45, 7) is 0.914. The summed E-state index contributed by atoms with van der Waals surface area (Å²) in [7, 11) is 0. The van der Waals surface area contributed by atoms with Gasteiger partial charge in [0.05, 0.1) is 5.52 Å². The van der Waals surface area contributed by atoms with Crippen LogP contribution in [0.5, 0.6) is 0 Å². The molecule has 2 rings (SSSR count). The lowest BCUT2D eigenvalue weighted by atomic mass is 10.1. The summed E-state index contributed by atoms with van der Waals surface area (Å²) in [5.41, 5.74) is 1.95. The Hall–Kier alpha value is -1.62. The van der Waals surface area contributed by atoms with E-state index >= 15 is 0 Å². The molecule has 0 aliphatic rings. The molecule has 0 saturated carbocycles. The molecule has 1 aromatic heterocycles. The summed E-state index contributed by atoms with van der Waals surface area (Å²) in [5, 5.41) is 4.07. The maximum absolute atomic E-state index is 12.0. The zero-order chi connectivity index (χ0) is 13.7. The van der Waals surface area contributed by atoms with Crippen molar-refractivity contribution in [2.24, 2.45) is 0 Å². The van der Waals surface area contributed by atoms with Crippen LogP contribution in [-0.4, -0.2) is 17.7 Å².